The molecule has 2 aromatic rings. The van der Waals surface area contributed by atoms with Crippen LogP contribution in [0.25, 0.3) is 4.85 Å². The first kappa shape index (κ1) is 26.3. The Morgan fingerprint density at radius 2 is 1.83 bits per heavy atom. The molecule has 0 atom stereocenters. The number of ether oxygens (including phenoxy) is 1. The number of piperidine rings is 1. The molecule has 0 aromatic heterocycles. The van der Waals surface area contributed by atoms with Gasteiger partial charge in [-0.15, -0.1) is 0 Å². The van der Waals surface area contributed by atoms with Gasteiger partial charge in [-0.2, -0.15) is 13.2 Å². The molecule has 1 saturated carbocycles. The van der Waals surface area contributed by atoms with Crippen molar-refractivity contribution in [3.05, 3.63) is 65.0 Å². The van der Waals surface area contributed by atoms with E-state index in [1.807, 2.05) is 23.1 Å². The van der Waals surface area contributed by atoms with Gasteiger partial charge in [0, 0.05) is 37.8 Å². The van der Waals surface area contributed by atoms with E-state index in [0.717, 1.165) is 18.4 Å². The van der Waals surface area contributed by atoms with Crippen molar-refractivity contribution in [1.82, 2.24) is 5.32 Å². The summed E-state index contributed by atoms with van der Waals surface area (Å²) in [6.45, 7) is 9.06. The minimum atomic E-state index is -4.58. The second kappa shape index (κ2) is 11.5. The van der Waals surface area contributed by atoms with Gasteiger partial charge in [0.1, 0.15) is 5.75 Å². The fourth-order valence-corrected chi connectivity index (χ4v) is 5.15. The molecule has 5 nitrogen and oxygen atoms in total. The lowest BCUT2D eigenvalue weighted by atomic mass is 9.88. The lowest BCUT2D eigenvalue weighted by Gasteiger charge is -2.39. The molecule has 0 amide bonds. The maximum absolute atomic E-state index is 13.3. The van der Waals surface area contributed by atoms with Crippen molar-refractivity contribution in [2.75, 3.05) is 24.6 Å². The average molecular weight is 502 g/mol. The molecule has 0 bridgehead atoms. The van der Waals surface area contributed by atoms with Gasteiger partial charge in [-0.05, 0) is 55.5 Å². The molecular formula is C28H34F3N3O2. The Balaban J connectivity index is 1.25. The van der Waals surface area contributed by atoms with Crippen LogP contribution in [0.4, 0.5) is 24.5 Å². The van der Waals surface area contributed by atoms with Gasteiger partial charge in [-0.3, -0.25) is 0 Å². The van der Waals surface area contributed by atoms with Gasteiger partial charge in [-0.1, -0.05) is 37.5 Å². The molecule has 2 fully saturated rings. The summed E-state index contributed by atoms with van der Waals surface area (Å²) in [5.41, 5.74) is -0.634. The number of nitrogens with zero attached hydrogens (tertiary/aromatic N) is 2. The molecule has 0 radical (unpaired) electrons. The molecule has 1 heterocycles. The Hall–Kier alpha value is -2.76. The van der Waals surface area contributed by atoms with Crippen LogP contribution in [0.2, 0.25) is 0 Å². The third kappa shape index (κ3) is 6.92. The molecular weight excluding hydrogens is 467 g/mol. The topological polar surface area (TPSA) is 49.1 Å². The molecule has 1 aliphatic carbocycles. The maximum atomic E-state index is 13.3. The van der Waals surface area contributed by atoms with Crippen LogP contribution in [-0.2, 0) is 12.7 Å². The SMILES string of the molecule is [C-]#[N+]c1ccc(N2CCC(O)(CCOc3cccc(CNC4CCCCC4)c3)CC2)cc1C(F)(F)F. The Morgan fingerprint density at radius 3 is 2.53 bits per heavy atom. The van der Waals surface area contributed by atoms with Crippen LogP contribution in [0.5, 0.6) is 5.75 Å². The van der Waals surface area contributed by atoms with E-state index in [0.29, 0.717) is 50.7 Å². The first-order chi connectivity index (χ1) is 17.3. The van der Waals surface area contributed by atoms with Gasteiger partial charge in [0.2, 0.25) is 0 Å². The van der Waals surface area contributed by atoms with Crippen LogP contribution in [0.15, 0.2) is 42.5 Å². The minimum Gasteiger partial charge on any atom is -0.493 e. The molecule has 2 aliphatic rings. The number of rotatable bonds is 8. The van der Waals surface area contributed by atoms with Gasteiger partial charge in [0.25, 0.3) is 0 Å². The molecule has 0 unspecified atom stereocenters. The third-order valence-corrected chi connectivity index (χ3v) is 7.40. The van der Waals surface area contributed by atoms with Crippen molar-refractivity contribution in [3.63, 3.8) is 0 Å². The number of nitrogens with one attached hydrogen (secondary N) is 1. The van der Waals surface area contributed by atoms with Crippen molar-refractivity contribution in [2.24, 2.45) is 0 Å². The highest BCUT2D eigenvalue weighted by molar-refractivity contribution is 5.62. The monoisotopic (exact) mass is 501 g/mol. The number of benzene rings is 2. The van der Waals surface area contributed by atoms with E-state index < -0.39 is 23.0 Å². The smallest absolute Gasteiger partial charge is 0.407 e. The van der Waals surface area contributed by atoms with Crippen LogP contribution in [0, 0.1) is 6.57 Å². The average Bonchev–Trinajstić information content (AvgIpc) is 2.88. The van der Waals surface area contributed by atoms with Crippen molar-refractivity contribution >= 4 is 11.4 Å². The summed E-state index contributed by atoms with van der Waals surface area (Å²) in [6.07, 6.45) is 3.16. The van der Waals surface area contributed by atoms with Crippen LogP contribution < -0.4 is 15.0 Å². The Morgan fingerprint density at radius 1 is 1.08 bits per heavy atom. The summed E-state index contributed by atoms with van der Waals surface area (Å²) in [4.78, 5) is 4.83. The summed E-state index contributed by atoms with van der Waals surface area (Å²) in [6, 6.07) is 12.4. The zero-order chi connectivity index (χ0) is 25.6. The number of alkyl halides is 3. The minimum absolute atomic E-state index is 0.369. The zero-order valence-corrected chi connectivity index (χ0v) is 20.5. The molecule has 8 heteroatoms. The Labute approximate surface area is 211 Å². The van der Waals surface area contributed by atoms with E-state index in [1.165, 1.54) is 43.7 Å². The van der Waals surface area contributed by atoms with E-state index in [2.05, 4.69) is 16.2 Å². The number of hydrogen-bond acceptors (Lipinski definition) is 4. The van der Waals surface area contributed by atoms with Gasteiger partial charge in [0.05, 0.1) is 24.3 Å². The number of anilines is 1. The van der Waals surface area contributed by atoms with E-state index in [-0.39, 0.29) is 0 Å². The fraction of sp³-hybridized carbons (Fsp3) is 0.536. The largest absolute Gasteiger partial charge is 0.493 e. The number of hydrogen-bond donors (Lipinski definition) is 2. The highest BCUT2D eigenvalue weighted by atomic mass is 19.4. The molecule has 1 saturated heterocycles. The number of aliphatic hydroxyl groups is 1. The van der Waals surface area contributed by atoms with Gasteiger partial charge in [-0.25, -0.2) is 4.85 Å². The zero-order valence-electron chi connectivity index (χ0n) is 20.5. The molecule has 36 heavy (non-hydrogen) atoms. The van der Waals surface area contributed by atoms with E-state index in [9.17, 15) is 18.3 Å². The van der Waals surface area contributed by atoms with Gasteiger partial charge < -0.3 is 20.1 Å². The van der Waals surface area contributed by atoms with Crippen molar-refractivity contribution in [2.45, 2.75) is 75.7 Å². The fourth-order valence-electron chi connectivity index (χ4n) is 5.15. The predicted molar refractivity (Wildman–Crippen MR) is 134 cm³/mol. The number of halogens is 3. The first-order valence-electron chi connectivity index (χ1n) is 12.8. The van der Waals surface area contributed by atoms with E-state index >= 15 is 0 Å². The van der Waals surface area contributed by atoms with Crippen LogP contribution in [0.3, 0.4) is 0 Å². The second-order valence-electron chi connectivity index (χ2n) is 9.98. The maximum Gasteiger partial charge on any atom is 0.407 e. The van der Waals surface area contributed by atoms with Crippen LogP contribution in [0.1, 0.15) is 62.5 Å². The normalized spacial score (nSPS) is 18.6. The summed E-state index contributed by atoms with van der Waals surface area (Å²) in [5.74, 6) is 0.776. The van der Waals surface area contributed by atoms with Crippen molar-refractivity contribution in [1.29, 1.82) is 0 Å². The Kier molecular flexibility index (Phi) is 8.43. The molecule has 2 aromatic carbocycles. The first-order valence-corrected chi connectivity index (χ1v) is 12.8. The third-order valence-electron chi connectivity index (χ3n) is 7.40. The highest BCUT2D eigenvalue weighted by Gasteiger charge is 2.36. The predicted octanol–water partition coefficient (Wildman–Crippen LogP) is 6.48. The van der Waals surface area contributed by atoms with Crippen molar-refractivity contribution < 1.29 is 23.0 Å². The second-order valence-corrected chi connectivity index (χ2v) is 9.98. The van der Waals surface area contributed by atoms with E-state index in [1.54, 1.807) is 6.07 Å². The molecule has 4 rings (SSSR count). The summed E-state index contributed by atoms with van der Waals surface area (Å²) in [7, 11) is 0. The summed E-state index contributed by atoms with van der Waals surface area (Å²) in [5, 5.41) is 14.7. The molecule has 194 valence electrons. The summed E-state index contributed by atoms with van der Waals surface area (Å²) < 4.78 is 45.9. The highest BCUT2D eigenvalue weighted by Crippen LogP contribution is 2.39. The van der Waals surface area contributed by atoms with E-state index in [4.69, 9.17) is 11.3 Å². The quantitative estimate of drug-likeness (QED) is 0.407. The van der Waals surface area contributed by atoms with Crippen molar-refractivity contribution in [3.8, 4) is 5.75 Å². The van der Waals surface area contributed by atoms with Gasteiger partial charge >= 0.3 is 6.18 Å². The lowest BCUT2D eigenvalue weighted by molar-refractivity contribution is -0.136. The lowest BCUT2D eigenvalue weighted by Crippen LogP contribution is -2.45. The van der Waals surface area contributed by atoms with Crippen LogP contribution >= 0.6 is 0 Å². The molecule has 1 aliphatic heterocycles. The molecule has 0 spiro atoms. The standard InChI is InChI=1S/C28H34F3N3O2/c1-32-26-11-10-23(19-25(26)28(29,30)31)34-15-12-27(35,13-16-34)14-17-36-24-9-5-6-21(18-24)20-33-22-7-3-2-4-8-22/h5-6,9-11,18-19,22,33,35H,2-4,7-8,12-17,20H2. The van der Waals surface area contributed by atoms with Crippen LogP contribution in [-0.4, -0.2) is 36.4 Å². The molecule has 2 N–H and O–H groups in total. The Bertz CT molecular complexity index is 1050. The summed E-state index contributed by atoms with van der Waals surface area (Å²) >= 11 is 0. The van der Waals surface area contributed by atoms with Gasteiger partial charge in [0.15, 0.2) is 5.69 Å².